The van der Waals surface area contributed by atoms with Gasteiger partial charge in [0, 0.05) is 86.0 Å². The summed E-state index contributed by atoms with van der Waals surface area (Å²) >= 11 is 0. The Morgan fingerprint density at radius 1 is 0.404 bits per heavy atom. The molecule has 4 aromatic heterocycles. The maximum absolute atomic E-state index is 13.7. The first-order chi connectivity index (χ1) is 27.3. The minimum Gasteiger partial charge on any atom is -0.369 e. The van der Waals surface area contributed by atoms with Crippen LogP contribution >= 0.6 is 0 Å². The van der Waals surface area contributed by atoms with E-state index in [1.54, 1.807) is 68.1 Å². The van der Waals surface area contributed by atoms with Gasteiger partial charge in [0.25, 0.3) is 23.6 Å². The lowest BCUT2D eigenvalue weighted by Crippen LogP contribution is -2.31. The average molecular weight is 779 g/mol. The lowest BCUT2D eigenvalue weighted by atomic mass is 10.1. The SMILES string of the molecule is CCN(CC)C(=O)c1cc(C)nc(-c2cc(C(=O)N(CC)CC)cc(COCc3cc(C(=O)N(CC)CC)cc(-c4cc(C(=O)N(CC)CC)cc(C)n4)n3)n2)c1. The van der Waals surface area contributed by atoms with Crippen molar-refractivity contribution in [2.24, 2.45) is 0 Å². The van der Waals surface area contributed by atoms with Crippen LogP contribution in [0.1, 0.15) is 120 Å². The molecule has 4 heterocycles. The number of rotatable bonds is 18. The number of hydrogen-bond acceptors (Lipinski definition) is 9. The molecule has 0 atom stereocenters. The molecule has 0 aliphatic carbocycles. The van der Waals surface area contributed by atoms with Crippen molar-refractivity contribution in [1.29, 1.82) is 0 Å². The van der Waals surface area contributed by atoms with Gasteiger partial charge in [-0.3, -0.25) is 29.1 Å². The first-order valence-corrected chi connectivity index (χ1v) is 20.1. The van der Waals surface area contributed by atoms with Crippen LogP contribution in [0.25, 0.3) is 22.8 Å². The average Bonchev–Trinajstić information content (AvgIpc) is 3.21. The Bertz CT molecular complexity index is 1910. The molecule has 57 heavy (non-hydrogen) atoms. The second-order valence-corrected chi connectivity index (χ2v) is 13.6. The van der Waals surface area contributed by atoms with Crippen molar-refractivity contribution in [3.05, 3.63) is 93.6 Å². The Labute approximate surface area is 337 Å². The van der Waals surface area contributed by atoms with Crippen molar-refractivity contribution in [3.8, 4) is 22.8 Å². The van der Waals surface area contributed by atoms with Crippen LogP contribution in [0.4, 0.5) is 0 Å². The first-order valence-electron chi connectivity index (χ1n) is 20.1. The summed E-state index contributed by atoms with van der Waals surface area (Å²) in [4.78, 5) is 80.2. The van der Waals surface area contributed by atoms with Gasteiger partial charge in [-0.1, -0.05) is 0 Å². The van der Waals surface area contributed by atoms with Gasteiger partial charge in [0.15, 0.2) is 0 Å². The zero-order valence-electron chi connectivity index (χ0n) is 35.3. The second kappa shape index (κ2) is 20.6. The smallest absolute Gasteiger partial charge is 0.253 e. The van der Waals surface area contributed by atoms with Crippen molar-refractivity contribution in [2.45, 2.75) is 82.5 Å². The second-order valence-electron chi connectivity index (χ2n) is 13.6. The Hall–Kier alpha value is -5.56. The molecule has 13 nitrogen and oxygen atoms in total. The number of amides is 4. The van der Waals surface area contributed by atoms with Crippen LogP contribution in [0, 0.1) is 13.8 Å². The van der Waals surface area contributed by atoms with Gasteiger partial charge in [0.05, 0.1) is 47.4 Å². The third-order valence-electron chi connectivity index (χ3n) is 9.88. The van der Waals surface area contributed by atoms with Gasteiger partial charge >= 0.3 is 0 Å². The maximum atomic E-state index is 13.7. The fourth-order valence-corrected chi connectivity index (χ4v) is 6.71. The third kappa shape index (κ3) is 10.9. The molecule has 0 saturated heterocycles. The Morgan fingerprint density at radius 3 is 0.912 bits per heavy atom. The molecule has 4 aromatic rings. The Morgan fingerprint density at radius 2 is 0.649 bits per heavy atom. The number of carbonyl (C=O) groups is 4. The summed E-state index contributed by atoms with van der Waals surface area (Å²) in [7, 11) is 0. The number of carbonyl (C=O) groups excluding carboxylic acids is 4. The highest BCUT2D eigenvalue weighted by atomic mass is 16.5. The van der Waals surface area contributed by atoms with Gasteiger partial charge in [-0.05, 0) is 118 Å². The normalized spacial score (nSPS) is 11.0. The van der Waals surface area contributed by atoms with E-state index in [0.717, 1.165) is 0 Å². The quantitative estimate of drug-likeness (QED) is 0.106. The van der Waals surface area contributed by atoms with E-state index in [-0.39, 0.29) is 36.8 Å². The van der Waals surface area contributed by atoms with E-state index in [1.807, 2.05) is 69.2 Å². The van der Waals surface area contributed by atoms with E-state index in [4.69, 9.17) is 24.7 Å². The van der Waals surface area contributed by atoms with E-state index in [1.165, 1.54) is 0 Å². The van der Waals surface area contributed by atoms with Crippen molar-refractivity contribution in [3.63, 3.8) is 0 Å². The number of aromatic nitrogens is 4. The van der Waals surface area contributed by atoms with E-state index < -0.39 is 0 Å². The molecule has 0 unspecified atom stereocenters. The summed E-state index contributed by atoms with van der Waals surface area (Å²) in [6.45, 7) is 23.5. The van der Waals surface area contributed by atoms with Crippen LogP contribution in [0.3, 0.4) is 0 Å². The lowest BCUT2D eigenvalue weighted by molar-refractivity contribution is 0.0763. The predicted molar refractivity (Wildman–Crippen MR) is 222 cm³/mol. The molecule has 4 rings (SSSR count). The summed E-state index contributed by atoms with van der Waals surface area (Å²) in [6, 6.07) is 13.8. The molecule has 4 amide bonds. The summed E-state index contributed by atoms with van der Waals surface area (Å²) in [5.41, 5.74) is 5.94. The molecule has 13 heteroatoms. The fraction of sp³-hybridized carbons (Fsp3) is 0.455. The third-order valence-corrected chi connectivity index (χ3v) is 9.88. The minimum absolute atomic E-state index is 0.0138. The number of ether oxygens (including phenoxy) is 1. The highest BCUT2D eigenvalue weighted by Crippen LogP contribution is 2.25. The molecule has 0 aliphatic heterocycles. The molecule has 0 spiro atoms. The topological polar surface area (TPSA) is 142 Å². The molecular weight excluding hydrogens is 721 g/mol. The molecule has 0 aliphatic rings. The van der Waals surface area contributed by atoms with Gasteiger partial charge < -0.3 is 24.3 Å². The fourth-order valence-electron chi connectivity index (χ4n) is 6.71. The van der Waals surface area contributed by atoms with E-state index >= 15 is 0 Å². The molecule has 0 aromatic carbocycles. The summed E-state index contributed by atoms with van der Waals surface area (Å²) in [5.74, 6) is -0.524. The van der Waals surface area contributed by atoms with E-state index in [0.29, 0.717) is 120 Å². The number of pyridine rings is 4. The Kier molecular flexibility index (Phi) is 15.9. The van der Waals surface area contributed by atoms with Crippen LogP contribution in [-0.2, 0) is 18.0 Å². The van der Waals surface area contributed by atoms with Crippen molar-refractivity contribution in [1.82, 2.24) is 39.5 Å². The van der Waals surface area contributed by atoms with E-state index in [9.17, 15) is 19.2 Å². The van der Waals surface area contributed by atoms with Crippen LogP contribution in [0.5, 0.6) is 0 Å². The van der Waals surface area contributed by atoms with E-state index in [2.05, 4.69) is 0 Å². The van der Waals surface area contributed by atoms with Crippen molar-refractivity contribution in [2.75, 3.05) is 52.4 Å². The van der Waals surface area contributed by atoms with Gasteiger partial charge in [0.2, 0.25) is 0 Å². The molecule has 304 valence electrons. The largest absolute Gasteiger partial charge is 0.369 e. The Balaban J connectivity index is 1.75. The zero-order chi connectivity index (χ0) is 41.8. The van der Waals surface area contributed by atoms with Gasteiger partial charge in [0.1, 0.15) is 0 Å². The maximum Gasteiger partial charge on any atom is 0.253 e. The van der Waals surface area contributed by atoms with Crippen LogP contribution in [-0.4, -0.2) is 116 Å². The van der Waals surface area contributed by atoms with Gasteiger partial charge in [-0.25, -0.2) is 9.97 Å². The lowest BCUT2D eigenvalue weighted by Gasteiger charge is -2.20. The molecule has 0 bridgehead atoms. The minimum atomic E-state index is -0.157. The molecular formula is C44H58N8O5. The van der Waals surface area contributed by atoms with Crippen molar-refractivity contribution < 1.29 is 23.9 Å². The molecule has 0 saturated carbocycles. The number of aryl methyl sites for hydroxylation is 2. The van der Waals surface area contributed by atoms with Gasteiger partial charge in [-0.15, -0.1) is 0 Å². The summed E-state index contributed by atoms with van der Waals surface area (Å²) < 4.78 is 6.24. The summed E-state index contributed by atoms with van der Waals surface area (Å²) in [6.07, 6.45) is 0. The van der Waals surface area contributed by atoms with Gasteiger partial charge in [-0.2, -0.15) is 0 Å². The standard InChI is InChI=1S/C44H58N8O5/c1-11-49(12-2)41(53)31-19-29(9)45-37(23-31)39-25-33(43(55)51(15-5)16-6)21-35(47-39)27-57-28-36-22-34(44(56)52(17-7)18-8)26-40(48-36)38-24-32(20-30(10)46-38)42(54)50(13-3)14-4/h19-26H,11-18,27-28H2,1-10H3. The molecule has 0 radical (unpaired) electrons. The monoisotopic (exact) mass is 778 g/mol. The molecule has 0 fully saturated rings. The van der Waals surface area contributed by atoms with Crippen LogP contribution in [0.15, 0.2) is 48.5 Å². The number of hydrogen-bond donors (Lipinski definition) is 0. The van der Waals surface area contributed by atoms with Crippen LogP contribution < -0.4 is 0 Å². The molecule has 0 N–H and O–H groups in total. The predicted octanol–water partition coefficient (Wildman–Crippen LogP) is 6.86. The number of nitrogens with zero attached hydrogens (tertiary/aromatic N) is 8. The highest BCUT2D eigenvalue weighted by molar-refractivity contribution is 5.98. The highest BCUT2D eigenvalue weighted by Gasteiger charge is 2.22. The van der Waals surface area contributed by atoms with Crippen LogP contribution in [0.2, 0.25) is 0 Å². The van der Waals surface area contributed by atoms with Crippen molar-refractivity contribution >= 4 is 23.6 Å². The zero-order valence-corrected chi connectivity index (χ0v) is 35.3. The summed E-state index contributed by atoms with van der Waals surface area (Å²) in [5, 5.41) is 0. The first kappa shape index (κ1) is 44.2.